The van der Waals surface area contributed by atoms with Gasteiger partial charge in [-0.1, -0.05) is 31.0 Å². The van der Waals surface area contributed by atoms with Gasteiger partial charge in [0.2, 0.25) is 11.8 Å². The lowest BCUT2D eigenvalue weighted by Gasteiger charge is -2.29. The zero-order valence-corrected chi connectivity index (χ0v) is 14.0. The molecular formula is C17H22N2O3S. The standard InChI is InChI=1S/C17H22N2O3S/c1-11(20)19-14(16(22)18-12-6-2-3-7-12)10-23-17(19)13-8-4-5-9-15(13)21/h4-5,8-9,12,14,17,21H,2-3,6-7,10H2,1H3,(H,18,22)/t14-,17+/m0/s1. The molecule has 0 aromatic heterocycles. The van der Waals surface area contributed by atoms with Crippen LogP contribution in [0.15, 0.2) is 24.3 Å². The van der Waals surface area contributed by atoms with Gasteiger partial charge in [-0.25, -0.2) is 0 Å². The first-order chi connectivity index (χ1) is 11.1. The molecule has 23 heavy (non-hydrogen) atoms. The number of nitrogens with zero attached hydrogens (tertiary/aromatic N) is 1. The molecule has 2 aliphatic rings. The van der Waals surface area contributed by atoms with Crippen molar-refractivity contribution in [3.05, 3.63) is 29.8 Å². The van der Waals surface area contributed by atoms with Crippen LogP contribution < -0.4 is 5.32 Å². The number of hydrogen-bond acceptors (Lipinski definition) is 4. The summed E-state index contributed by atoms with van der Waals surface area (Å²) in [5.41, 5.74) is 0.684. The van der Waals surface area contributed by atoms with Crippen molar-refractivity contribution in [2.24, 2.45) is 0 Å². The molecule has 5 nitrogen and oxygen atoms in total. The van der Waals surface area contributed by atoms with Crippen LogP contribution in [-0.4, -0.2) is 39.7 Å². The number of carbonyl (C=O) groups excluding carboxylic acids is 2. The summed E-state index contributed by atoms with van der Waals surface area (Å²) in [6, 6.07) is 6.77. The Morgan fingerprint density at radius 1 is 1.26 bits per heavy atom. The number of amides is 2. The van der Waals surface area contributed by atoms with Crippen LogP contribution in [0, 0.1) is 0 Å². The molecule has 1 aromatic rings. The number of phenols is 1. The lowest BCUT2D eigenvalue weighted by Crippen LogP contribution is -2.49. The molecule has 0 bridgehead atoms. The van der Waals surface area contributed by atoms with Gasteiger partial charge in [0, 0.05) is 24.3 Å². The largest absolute Gasteiger partial charge is 0.508 e. The molecule has 1 heterocycles. The number of phenolic OH excluding ortho intramolecular Hbond substituents is 1. The topological polar surface area (TPSA) is 69.6 Å². The lowest BCUT2D eigenvalue weighted by molar-refractivity contribution is -0.138. The summed E-state index contributed by atoms with van der Waals surface area (Å²) in [4.78, 5) is 26.3. The van der Waals surface area contributed by atoms with Crippen molar-refractivity contribution >= 4 is 23.6 Å². The molecule has 1 saturated heterocycles. The van der Waals surface area contributed by atoms with E-state index in [1.54, 1.807) is 23.1 Å². The molecule has 2 fully saturated rings. The van der Waals surface area contributed by atoms with Gasteiger partial charge < -0.3 is 15.3 Å². The van der Waals surface area contributed by atoms with E-state index in [2.05, 4.69) is 5.32 Å². The first-order valence-corrected chi connectivity index (χ1v) is 9.11. The molecule has 124 valence electrons. The maximum atomic E-state index is 12.6. The Labute approximate surface area is 140 Å². The third-order valence-electron chi connectivity index (χ3n) is 4.57. The zero-order valence-electron chi connectivity index (χ0n) is 13.2. The normalized spacial score (nSPS) is 24.8. The van der Waals surface area contributed by atoms with Crippen LogP contribution in [0.2, 0.25) is 0 Å². The predicted molar refractivity (Wildman–Crippen MR) is 90.0 cm³/mol. The van der Waals surface area contributed by atoms with Gasteiger partial charge in [0.05, 0.1) is 0 Å². The van der Waals surface area contributed by atoms with Gasteiger partial charge in [0.1, 0.15) is 17.2 Å². The van der Waals surface area contributed by atoms with Crippen LogP contribution in [0.1, 0.15) is 43.5 Å². The Morgan fingerprint density at radius 2 is 1.96 bits per heavy atom. The van der Waals surface area contributed by atoms with E-state index in [-0.39, 0.29) is 29.0 Å². The maximum absolute atomic E-state index is 12.6. The summed E-state index contributed by atoms with van der Waals surface area (Å²) >= 11 is 1.52. The molecule has 1 aliphatic heterocycles. The molecule has 2 atom stereocenters. The van der Waals surface area contributed by atoms with E-state index in [4.69, 9.17) is 0 Å². The summed E-state index contributed by atoms with van der Waals surface area (Å²) in [6.45, 7) is 1.48. The zero-order chi connectivity index (χ0) is 16.4. The number of rotatable bonds is 3. The van der Waals surface area contributed by atoms with Gasteiger partial charge in [0.15, 0.2) is 0 Å². The van der Waals surface area contributed by atoms with Gasteiger partial charge in [-0.15, -0.1) is 11.8 Å². The van der Waals surface area contributed by atoms with Crippen molar-refractivity contribution in [2.75, 3.05) is 5.75 Å². The average Bonchev–Trinajstić information content (AvgIpc) is 3.16. The molecule has 2 amide bonds. The number of carbonyl (C=O) groups is 2. The lowest BCUT2D eigenvalue weighted by atomic mass is 10.1. The Morgan fingerprint density at radius 3 is 2.61 bits per heavy atom. The van der Waals surface area contributed by atoms with E-state index in [0.717, 1.165) is 25.7 Å². The second-order valence-corrected chi connectivity index (χ2v) is 7.29. The van der Waals surface area contributed by atoms with Gasteiger partial charge in [0.25, 0.3) is 0 Å². The molecule has 3 rings (SSSR count). The Balaban J connectivity index is 1.78. The minimum atomic E-state index is -0.470. The Hall–Kier alpha value is -1.69. The van der Waals surface area contributed by atoms with E-state index >= 15 is 0 Å². The average molecular weight is 334 g/mol. The van der Waals surface area contributed by atoms with E-state index in [1.165, 1.54) is 18.7 Å². The highest BCUT2D eigenvalue weighted by Crippen LogP contribution is 2.44. The van der Waals surface area contributed by atoms with Crippen LogP contribution in [0.25, 0.3) is 0 Å². The molecule has 0 radical (unpaired) electrons. The third kappa shape index (κ3) is 3.32. The first-order valence-electron chi connectivity index (χ1n) is 8.06. The SMILES string of the molecule is CC(=O)N1[C@@H](c2ccccc2O)SC[C@H]1C(=O)NC1CCCC1. The van der Waals surface area contributed by atoms with E-state index in [1.807, 2.05) is 6.07 Å². The van der Waals surface area contributed by atoms with Crippen LogP contribution in [0.3, 0.4) is 0 Å². The van der Waals surface area contributed by atoms with Crippen LogP contribution in [0.4, 0.5) is 0 Å². The molecule has 6 heteroatoms. The number of thioether (sulfide) groups is 1. The number of para-hydroxylation sites is 1. The Kier molecular flexibility index (Phi) is 4.80. The van der Waals surface area contributed by atoms with Gasteiger partial charge in [-0.3, -0.25) is 9.59 Å². The molecule has 0 unspecified atom stereocenters. The Bertz CT molecular complexity index is 601. The first kappa shape index (κ1) is 16.2. The highest BCUT2D eigenvalue weighted by atomic mass is 32.2. The minimum Gasteiger partial charge on any atom is -0.508 e. The summed E-state index contributed by atoms with van der Waals surface area (Å²) in [6.07, 6.45) is 4.35. The fourth-order valence-corrected chi connectivity index (χ4v) is 4.91. The number of aromatic hydroxyl groups is 1. The second-order valence-electron chi connectivity index (χ2n) is 6.18. The molecule has 1 aliphatic carbocycles. The summed E-state index contributed by atoms with van der Waals surface area (Å²) in [5, 5.41) is 12.8. The van der Waals surface area contributed by atoms with Gasteiger partial charge in [-0.2, -0.15) is 0 Å². The van der Waals surface area contributed by atoms with Crippen molar-refractivity contribution < 1.29 is 14.7 Å². The quantitative estimate of drug-likeness (QED) is 0.891. The van der Waals surface area contributed by atoms with E-state index in [0.29, 0.717) is 11.3 Å². The number of nitrogens with one attached hydrogen (secondary N) is 1. The van der Waals surface area contributed by atoms with E-state index in [9.17, 15) is 14.7 Å². The van der Waals surface area contributed by atoms with Gasteiger partial charge >= 0.3 is 0 Å². The van der Waals surface area contributed by atoms with Crippen LogP contribution >= 0.6 is 11.8 Å². The smallest absolute Gasteiger partial charge is 0.243 e. The number of hydrogen-bond donors (Lipinski definition) is 2. The third-order valence-corrected chi connectivity index (χ3v) is 5.88. The fraction of sp³-hybridized carbons (Fsp3) is 0.529. The molecule has 1 aromatic carbocycles. The summed E-state index contributed by atoms with van der Waals surface area (Å²) in [5.74, 6) is 0.498. The highest BCUT2D eigenvalue weighted by molar-refractivity contribution is 7.99. The van der Waals surface area contributed by atoms with Crippen molar-refractivity contribution in [1.29, 1.82) is 0 Å². The van der Waals surface area contributed by atoms with Crippen LogP contribution in [0.5, 0.6) is 5.75 Å². The van der Waals surface area contributed by atoms with Crippen molar-refractivity contribution in [3.8, 4) is 5.75 Å². The van der Waals surface area contributed by atoms with Crippen molar-refractivity contribution in [2.45, 2.75) is 50.1 Å². The van der Waals surface area contributed by atoms with E-state index < -0.39 is 6.04 Å². The van der Waals surface area contributed by atoms with Crippen LogP contribution in [-0.2, 0) is 9.59 Å². The highest BCUT2D eigenvalue weighted by Gasteiger charge is 2.42. The van der Waals surface area contributed by atoms with Crippen molar-refractivity contribution in [1.82, 2.24) is 10.2 Å². The predicted octanol–water partition coefficient (Wildman–Crippen LogP) is 2.41. The summed E-state index contributed by atoms with van der Waals surface area (Å²) < 4.78 is 0. The molecule has 2 N–H and O–H groups in total. The molecular weight excluding hydrogens is 312 g/mol. The minimum absolute atomic E-state index is 0.0717. The molecule has 1 saturated carbocycles. The van der Waals surface area contributed by atoms with Gasteiger partial charge in [-0.05, 0) is 18.9 Å². The fourth-order valence-electron chi connectivity index (χ4n) is 3.40. The summed E-state index contributed by atoms with van der Waals surface area (Å²) in [7, 11) is 0. The van der Waals surface area contributed by atoms with Crippen molar-refractivity contribution in [3.63, 3.8) is 0 Å². The number of benzene rings is 1. The molecule has 0 spiro atoms. The second kappa shape index (κ2) is 6.83. The maximum Gasteiger partial charge on any atom is 0.243 e. The monoisotopic (exact) mass is 334 g/mol.